The van der Waals surface area contributed by atoms with Crippen LogP contribution in [0.2, 0.25) is 0 Å². The number of thiophene rings is 1. The van der Waals surface area contributed by atoms with Gasteiger partial charge in [-0.25, -0.2) is 15.0 Å². The minimum atomic E-state index is 0.650. The number of fused-ring (bicyclic) bond motifs is 3. The lowest BCUT2D eigenvalue weighted by atomic mass is 10.1. The van der Waals surface area contributed by atoms with Crippen molar-refractivity contribution in [3.05, 3.63) is 23.7 Å². The number of nitrogens with zero attached hydrogens (tertiary/aromatic N) is 3. The third kappa shape index (κ3) is 2.71. The molecule has 0 spiro atoms. The number of carbonyl (C=O) groups excluding carboxylic acids is 1. The van der Waals surface area contributed by atoms with Crippen LogP contribution in [-0.2, 0) is 4.79 Å². The van der Waals surface area contributed by atoms with Gasteiger partial charge in [0.15, 0.2) is 0 Å². The first-order valence-corrected chi connectivity index (χ1v) is 7.94. The van der Waals surface area contributed by atoms with E-state index < -0.39 is 0 Å². The molecule has 3 heterocycles. The van der Waals surface area contributed by atoms with Crippen molar-refractivity contribution >= 4 is 44.0 Å². The van der Waals surface area contributed by atoms with Gasteiger partial charge in [0.05, 0.1) is 10.2 Å². The van der Waals surface area contributed by atoms with Crippen LogP contribution >= 0.6 is 11.3 Å². The minimum absolute atomic E-state index is 0.650. The second kappa shape index (κ2) is 6.23. The van der Waals surface area contributed by atoms with Crippen molar-refractivity contribution < 1.29 is 4.79 Å². The lowest BCUT2D eigenvalue weighted by Crippen LogP contribution is -2.16. The number of hydrogen-bond acceptors (Lipinski definition) is 6. The van der Waals surface area contributed by atoms with Crippen molar-refractivity contribution in [3.63, 3.8) is 0 Å². The van der Waals surface area contributed by atoms with Gasteiger partial charge in [0.25, 0.3) is 0 Å². The van der Waals surface area contributed by atoms with E-state index >= 15 is 0 Å². The monoisotopic (exact) mass is 315 g/mol. The number of hydrogen-bond donors (Lipinski definition) is 2. The molecule has 0 saturated carbocycles. The highest BCUT2D eigenvalue weighted by atomic mass is 32.1. The number of aryl methyl sites for hydroxylation is 2. The number of carbonyl (C=O) groups is 1. The minimum Gasteiger partial charge on any atom is -0.369 e. The SMILES string of the molecule is Cc1cc(C)c2c(n1)sc1c(NCCCNC=O)ncnc12. The highest BCUT2D eigenvalue weighted by Crippen LogP contribution is 2.36. The molecule has 0 aliphatic carbocycles. The molecule has 3 rings (SSSR count). The predicted molar refractivity (Wildman–Crippen MR) is 89.4 cm³/mol. The zero-order valence-corrected chi connectivity index (χ0v) is 13.3. The van der Waals surface area contributed by atoms with Crippen LogP contribution in [0.3, 0.4) is 0 Å². The van der Waals surface area contributed by atoms with Crippen LogP contribution in [-0.4, -0.2) is 34.5 Å². The van der Waals surface area contributed by atoms with Crippen LogP contribution in [0.5, 0.6) is 0 Å². The van der Waals surface area contributed by atoms with E-state index in [2.05, 4.69) is 38.6 Å². The molecule has 0 atom stereocenters. The maximum Gasteiger partial charge on any atom is 0.207 e. The molecule has 3 aromatic heterocycles. The summed E-state index contributed by atoms with van der Waals surface area (Å²) in [7, 11) is 0. The molecule has 22 heavy (non-hydrogen) atoms. The van der Waals surface area contributed by atoms with Crippen LogP contribution in [0, 0.1) is 13.8 Å². The van der Waals surface area contributed by atoms with Crippen LogP contribution in [0.25, 0.3) is 20.4 Å². The van der Waals surface area contributed by atoms with Gasteiger partial charge < -0.3 is 10.6 Å². The van der Waals surface area contributed by atoms with Crippen molar-refractivity contribution in [2.75, 3.05) is 18.4 Å². The van der Waals surface area contributed by atoms with Gasteiger partial charge in [-0.3, -0.25) is 4.79 Å². The quantitative estimate of drug-likeness (QED) is 0.539. The van der Waals surface area contributed by atoms with E-state index in [4.69, 9.17) is 0 Å². The number of amides is 1. The first kappa shape index (κ1) is 14.6. The fraction of sp³-hybridized carbons (Fsp3) is 0.333. The molecule has 7 heteroatoms. The summed E-state index contributed by atoms with van der Waals surface area (Å²) in [4.78, 5) is 24.6. The van der Waals surface area contributed by atoms with E-state index in [1.165, 1.54) is 5.56 Å². The smallest absolute Gasteiger partial charge is 0.207 e. The average molecular weight is 315 g/mol. The third-order valence-electron chi connectivity index (χ3n) is 3.42. The average Bonchev–Trinajstić information content (AvgIpc) is 2.86. The van der Waals surface area contributed by atoms with Gasteiger partial charge in [0.1, 0.15) is 17.0 Å². The Labute approximate surface area is 132 Å². The van der Waals surface area contributed by atoms with Gasteiger partial charge in [-0.1, -0.05) is 0 Å². The number of anilines is 1. The summed E-state index contributed by atoms with van der Waals surface area (Å²) in [6.45, 7) is 5.48. The number of aromatic nitrogens is 3. The number of rotatable bonds is 6. The standard InChI is InChI=1S/C15H17N5OS/c1-9-6-10(2)20-15-11(9)12-13(22-15)14(19-7-18-12)17-5-3-4-16-8-21/h6-8H,3-5H2,1-2H3,(H,16,21)(H,17,18,19). The molecule has 0 bridgehead atoms. The van der Waals surface area contributed by atoms with E-state index in [1.54, 1.807) is 17.7 Å². The zero-order chi connectivity index (χ0) is 15.5. The Bertz CT molecular complexity index is 830. The number of pyridine rings is 1. The Morgan fingerprint density at radius 2 is 2.14 bits per heavy atom. The molecule has 0 saturated heterocycles. The maximum absolute atomic E-state index is 10.2. The molecular weight excluding hydrogens is 298 g/mol. The van der Waals surface area contributed by atoms with E-state index in [0.717, 1.165) is 44.9 Å². The van der Waals surface area contributed by atoms with Gasteiger partial charge in [-0.15, -0.1) is 11.3 Å². The first-order valence-electron chi connectivity index (χ1n) is 7.13. The van der Waals surface area contributed by atoms with E-state index in [1.807, 2.05) is 6.92 Å². The van der Waals surface area contributed by atoms with E-state index in [0.29, 0.717) is 13.0 Å². The van der Waals surface area contributed by atoms with Gasteiger partial charge in [-0.05, 0) is 31.9 Å². The molecule has 114 valence electrons. The molecule has 3 aromatic rings. The Kier molecular flexibility index (Phi) is 4.15. The fourth-order valence-corrected chi connectivity index (χ4v) is 3.71. The molecule has 0 unspecified atom stereocenters. The largest absolute Gasteiger partial charge is 0.369 e. The van der Waals surface area contributed by atoms with Crippen molar-refractivity contribution in [2.45, 2.75) is 20.3 Å². The van der Waals surface area contributed by atoms with Crippen molar-refractivity contribution in [1.29, 1.82) is 0 Å². The van der Waals surface area contributed by atoms with Gasteiger partial charge in [-0.2, -0.15) is 0 Å². The molecule has 1 amide bonds. The number of nitrogens with one attached hydrogen (secondary N) is 2. The van der Waals surface area contributed by atoms with Crippen molar-refractivity contribution in [1.82, 2.24) is 20.3 Å². The van der Waals surface area contributed by atoms with E-state index in [9.17, 15) is 4.79 Å². The Morgan fingerprint density at radius 3 is 2.95 bits per heavy atom. The van der Waals surface area contributed by atoms with Gasteiger partial charge in [0, 0.05) is 24.2 Å². The predicted octanol–water partition coefficient (Wildman–Crippen LogP) is 2.40. The fourth-order valence-electron chi connectivity index (χ4n) is 2.49. The Balaban J connectivity index is 1.95. The molecule has 0 aromatic carbocycles. The van der Waals surface area contributed by atoms with Gasteiger partial charge >= 0.3 is 0 Å². The van der Waals surface area contributed by atoms with Gasteiger partial charge in [0.2, 0.25) is 6.41 Å². The van der Waals surface area contributed by atoms with Crippen LogP contribution in [0.1, 0.15) is 17.7 Å². The molecular formula is C15H17N5OS. The molecule has 2 N–H and O–H groups in total. The summed E-state index contributed by atoms with van der Waals surface area (Å²) in [6, 6.07) is 2.08. The highest BCUT2D eigenvalue weighted by Gasteiger charge is 2.14. The summed E-state index contributed by atoms with van der Waals surface area (Å²) in [5.41, 5.74) is 3.15. The Hall–Kier alpha value is -2.28. The highest BCUT2D eigenvalue weighted by molar-refractivity contribution is 7.26. The normalized spacial score (nSPS) is 11.0. The molecule has 6 nitrogen and oxygen atoms in total. The van der Waals surface area contributed by atoms with Crippen molar-refractivity contribution in [3.8, 4) is 0 Å². The Morgan fingerprint density at radius 1 is 1.27 bits per heavy atom. The van der Waals surface area contributed by atoms with Crippen LogP contribution in [0.4, 0.5) is 5.82 Å². The van der Waals surface area contributed by atoms with Crippen molar-refractivity contribution in [2.24, 2.45) is 0 Å². The summed E-state index contributed by atoms with van der Waals surface area (Å²) < 4.78 is 1.03. The zero-order valence-electron chi connectivity index (χ0n) is 12.5. The maximum atomic E-state index is 10.2. The second-order valence-corrected chi connectivity index (χ2v) is 6.11. The molecule has 0 radical (unpaired) electrons. The molecule has 0 aliphatic rings. The summed E-state index contributed by atoms with van der Waals surface area (Å²) in [5.74, 6) is 0.830. The molecule has 0 aliphatic heterocycles. The van der Waals surface area contributed by atoms with Crippen LogP contribution in [0.15, 0.2) is 12.4 Å². The third-order valence-corrected chi connectivity index (χ3v) is 4.50. The topological polar surface area (TPSA) is 79.8 Å². The summed E-state index contributed by atoms with van der Waals surface area (Å²) in [5, 5.41) is 7.07. The lowest BCUT2D eigenvalue weighted by molar-refractivity contribution is -0.109. The van der Waals surface area contributed by atoms with E-state index in [-0.39, 0.29) is 0 Å². The lowest BCUT2D eigenvalue weighted by Gasteiger charge is -2.05. The van der Waals surface area contributed by atoms with Crippen LogP contribution < -0.4 is 10.6 Å². The molecule has 0 fully saturated rings. The second-order valence-electron chi connectivity index (χ2n) is 5.12. The first-order chi connectivity index (χ1) is 10.7. The summed E-state index contributed by atoms with van der Waals surface area (Å²) >= 11 is 1.61. The summed E-state index contributed by atoms with van der Waals surface area (Å²) in [6.07, 6.45) is 3.14.